The number of rotatable bonds is 7. The molecule has 2 amide bonds. The quantitative estimate of drug-likeness (QED) is 0.731. The molecule has 2 aromatic rings. The Morgan fingerprint density at radius 3 is 2.74 bits per heavy atom. The SMILES string of the molecule is Cc1csc(NC(=O)c2csc([C@@H](CC(C)C)NC(=O)[C@@H]3CCCO3)n2)n1. The zero-order valence-corrected chi connectivity index (χ0v) is 17.3. The van der Waals surface area contributed by atoms with E-state index >= 15 is 0 Å². The van der Waals surface area contributed by atoms with Crippen molar-refractivity contribution in [2.75, 3.05) is 11.9 Å². The fourth-order valence-corrected chi connectivity index (χ4v) is 4.41. The average Bonchev–Trinajstić information content (AvgIpc) is 3.35. The molecular formula is C18H24N4O3S2. The van der Waals surface area contributed by atoms with Crippen LogP contribution in [0.5, 0.6) is 0 Å². The van der Waals surface area contributed by atoms with E-state index in [-0.39, 0.29) is 24.0 Å². The third kappa shape index (κ3) is 5.33. The molecule has 1 saturated heterocycles. The van der Waals surface area contributed by atoms with Crippen LogP contribution in [0.25, 0.3) is 0 Å². The molecule has 0 unspecified atom stereocenters. The van der Waals surface area contributed by atoms with Gasteiger partial charge in [0.05, 0.1) is 11.7 Å². The summed E-state index contributed by atoms with van der Waals surface area (Å²) in [6.07, 6.45) is 2.03. The Bertz CT molecular complexity index is 796. The molecular weight excluding hydrogens is 384 g/mol. The highest BCUT2D eigenvalue weighted by Gasteiger charge is 2.28. The highest BCUT2D eigenvalue weighted by molar-refractivity contribution is 7.14. The van der Waals surface area contributed by atoms with E-state index in [1.54, 1.807) is 5.38 Å². The molecule has 1 aliphatic heterocycles. The maximum Gasteiger partial charge on any atom is 0.276 e. The summed E-state index contributed by atoms with van der Waals surface area (Å²) in [7, 11) is 0. The molecule has 27 heavy (non-hydrogen) atoms. The molecule has 0 saturated carbocycles. The van der Waals surface area contributed by atoms with E-state index in [0.717, 1.165) is 30.0 Å². The number of anilines is 1. The van der Waals surface area contributed by atoms with Crippen molar-refractivity contribution in [3.63, 3.8) is 0 Å². The van der Waals surface area contributed by atoms with Crippen LogP contribution in [0.15, 0.2) is 10.8 Å². The van der Waals surface area contributed by atoms with E-state index in [2.05, 4.69) is 34.4 Å². The highest BCUT2D eigenvalue weighted by Crippen LogP contribution is 2.26. The summed E-state index contributed by atoms with van der Waals surface area (Å²) in [6.45, 7) is 6.69. The molecule has 1 fully saturated rings. The van der Waals surface area contributed by atoms with Crippen LogP contribution in [0.2, 0.25) is 0 Å². The van der Waals surface area contributed by atoms with Crippen LogP contribution in [0.1, 0.15) is 60.3 Å². The minimum absolute atomic E-state index is 0.0994. The van der Waals surface area contributed by atoms with Gasteiger partial charge in [-0.25, -0.2) is 9.97 Å². The maximum atomic E-state index is 12.4. The van der Waals surface area contributed by atoms with Gasteiger partial charge in [-0.15, -0.1) is 22.7 Å². The molecule has 0 aliphatic carbocycles. The molecule has 2 atom stereocenters. The van der Waals surface area contributed by atoms with Crippen molar-refractivity contribution in [2.24, 2.45) is 5.92 Å². The van der Waals surface area contributed by atoms with E-state index in [9.17, 15) is 9.59 Å². The first kappa shape index (κ1) is 19.9. The number of nitrogens with zero attached hydrogens (tertiary/aromatic N) is 2. The number of aromatic nitrogens is 2. The molecule has 3 rings (SSSR count). The van der Waals surface area contributed by atoms with Crippen molar-refractivity contribution in [3.05, 3.63) is 27.2 Å². The third-order valence-corrected chi connectivity index (χ3v) is 5.97. The lowest BCUT2D eigenvalue weighted by Gasteiger charge is -2.20. The molecule has 0 aromatic carbocycles. The molecule has 0 spiro atoms. The number of hydrogen-bond donors (Lipinski definition) is 2. The number of amides is 2. The van der Waals surface area contributed by atoms with Crippen molar-refractivity contribution < 1.29 is 14.3 Å². The summed E-state index contributed by atoms with van der Waals surface area (Å²) in [4.78, 5) is 33.6. The third-order valence-electron chi connectivity index (χ3n) is 4.14. The Kier molecular flexibility index (Phi) is 6.56. The number of hydrogen-bond acceptors (Lipinski definition) is 7. The molecule has 7 nitrogen and oxygen atoms in total. The summed E-state index contributed by atoms with van der Waals surface area (Å²) in [6, 6.07) is -0.227. The zero-order chi connectivity index (χ0) is 19.4. The van der Waals surface area contributed by atoms with Gasteiger partial charge in [0.2, 0.25) is 5.91 Å². The van der Waals surface area contributed by atoms with E-state index < -0.39 is 0 Å². The topological polar surface area (TPSA) is 93.2 Å². The Balaban J connectivity index is 1.69. The minimum atomic E-state index is -0.379. The Morgan fingerprint density at radius 1 is 1.30 bits per heavy atom. The van der Waals surface area contributed by atoms with Gasteiger partial charge in [-0.2, -0.15) is 0 Å². The van der Waals surface area contributed by atoms with Gasteiger partial charge in [-0.3, -0.25) is 14.9 Å². The molecule has 0 bridgehead atoms. The highest BCUT2D eigenvalue weighted by atomic mass is 32.1. The van der Waals surface area contributed by atoms with Gasteiger partial charge in [0.25, 0.3) is 5.91 Å². The van der Waals surface area contributed by atoms with Gasteiger partial charge >= 0.3 is 0 Å². The van der Waals surface area contributed by atoms with Gasteiger partial charge in [-0.05, 0) is 32.1 Å². The average molecular weight is 409 g/mol. The predicted molar refractivity (Wildman–Crippen MR) is 106 cm³/mol. The lowest BCUT2D eigenvalue weighted by molar-refractivity contribution is -0.130. The second-order valence-corrected chi connectivity index (χ2v) is 8.76. The summed E-state index contributed by atoms with van der Waals surface area (Å²) >= 11 is 2.76. The summed E-state index contributed by atoms with van der Waals surface area (Å²) in [5.74, 6) is -0.0162. The fraction of sp³-hybridized carbons (Fsp3) is 0.556. The van der Waals surface area contributed by atoms with E-state index in [1.807, 2.05) is 12.3 Å². The second kappa shape index (κ2) is 8.90. The number of thiazole rings is 2. The van der Waals surface area contributed by atoms with Crippen molar-refractivity contribution >= 4 is 39.6 Å². The van der Waals surface area contributed by atoms with Gasteiger partial charge in [0, 0.05) is 17.4 Å². The van der Waals surface area contributed by atoms with Crippen molar-refractivity contribution in [1.82, 2.24) is 15.3 Å². The zero-order valence-electron chi connectivity index (χ0n) is 15.7. The smallest absolute Gasteiger partial charge is 0.276 e. The van der Waals surface area contributed by atoms with Crippen LogP contribution in [0.4, 0.5) is 5.13 Å². The Morgan fingerprint density at radius 2 is 2.11 bits per heavy atom. The van der Waals surface area contributed by atoms with E-state index in [4.69, 9.17) is 4.74 Å². The molecule has 1 aliphatic rings. The number of ether oxygens (including phenoxy) is 1. The molecule has 2 aromatic heterocycles. The van der Waals surface area contributed by atoms with Crippen molar-refractivity contribution in [3.8, 4) is 0 Å². The maximum absolute atomic E-state index is 12.4. The first-order valence-corrected chi connectivity index (χ1v) is 10.8. The summed E-state index contributed by atoms with van der Waals surface area (Å²) < 4.78 is 5.47. The van der Waals surface area contributed by atoms with Crippen LogP contribution in [-0.4, -0.2) is 34.5 Å². The summed E-state index contributed by atoms with van der Waals surface area (Å²) in [5.41, 5.74) is 1.20. The molecule has 9 heteroatoms. The van der Waals surface area contributed by atoms with E-state index in [0.29, 0.717) is 23.4 Å². The molecule has 3 heterocycles. The van der Waals surface area contributed by atoms with Crippen LogP contribution in [0.3, 0.4) is 0 Å². The van der Waals surface area contributed by atoms with E-state index in [1.165, 1.54) is 22.7 Å². The Hall–Kier alpha value is -1.84. The normalized spacial score (nSPS) is 17.9. The van der Waals surface area contributed by atoms with Crippen LogP contribution in [-0.2, 0) is 9.53 Å². The van der Waals surface area contributed by atoms with Crippen LogP contribution in [0, 0.1) is 12.8 Å². The predicted octanol–water partition coefficient (Wildman–Crippen LogP) is 3.54. The molecule has 2 N–H and O–H groups in total. The standard InChI is InChI=1S/C18H24N4O3S2/c1-10(2)7-12(20-16(24)14-5-4-6-25-14)17-21-13(9-26-17)15(23)22-18-19-11(3)8-27-18/h8-10,12,14H,4-7H2,1-3H3,(H,20,24)(H,19,22,23)/t12-,14+/m1/s1. The second-order valence-electron chi connectivity index (χ2n) is 7.01. The molecule has 0 radical (unpaired) electrons. The lowest BCUT2D eigenvalue weighted by Crippen LogP contribution is -2.37. The first-order chi connectivity index (χ1) is 12.9. The van der Waals surface area contributed by atoms with Crippen molar-refractivity contribution in [1.29, 1.82) is 0 Å². The largest absolute Gasteiger partial charge is 0.368 e. The van der Waals surface area contributed by atoms with Crippen molar-refractivity contribution in [2.45, 2.75) is 52.2 Å². The van der Waals surface area contributed by atoms with Gasteiger partial charge in [0.1, 0.15) is 16.8 Å². The fourth-order valence-electron chi connectivity index (χ4n) is 2.87. The number of aryl methyl sites for hydroxylation is 1. The summed E-state index contributed by atoms with van der Waals surface area (Å²) in [5, 5.41) is 10.7. The van der Waals surface area contributed by atoms with Gasteiger partial charge < -0.3 is 10.1 Å². The van der Waals surface area contributed by atoms with Crippen LogP contribution >= 0.6 is 22.7 Å². The first-order valence-electron chi connectivity index (χ1n) is 9.03. The number of carbonyl (C=O) groups excluding carboxylic acids is 2. The Labute approximate surface area is 166 Å². The van der Waals surface area contributed by atoms with Gasteiger partial charge in [-0.1, -0.05) is 13.8 Å². The number of carbonyl (C=O) groups is 2. The minimum Gasteiger partial charge on any atom is -0.368 e. The lowest BCUT2D eigenvalue weighted by atomic mass is 10.0. The van der Waals surface area contributed by atoms with Gasteiger partial charge in [0.15, 0.2) is 5.13 Å². The van der Waals surface area contributed by atoms with Crippen LogP contribution < -0.4 is 10.6 Å². The monoisotopic (exact) mass is 408 g/mol. The molecule has 146 valence electrons. The number of nitrogens with one attached hydrogen (secondary N) is 2.